The smallest absolute Gasteiger partial charge is 0.236 e. The molecule has 0 spiro atoms. The normalized spacial score (nSPS) is 15.7. The molecule has 102 valence electrons. The highest BCUT2D eigenvalue weighted by molar-refractivity contribution is 7.10. The van der Waals surface area contributed by atoms with Crippen molar-refractivity contribution in [3.63, 3.8) is 0 Å². The van der Waals surface area contributed by atoms with E-state index in [0.717, 1.165) is 25.9 Å². The van der Waals surface area contributed by atoms with Gasteiger partial charge in [0.2, 0.25) is 5.91 Å². The van der Waals surface area contributed by atoms with E-state index in [2.05, 4.69) is 29.6 Å². The molecule has 1 N–H and O–H groups in total. The van der Waals surface area contributed by atoms with Crippen LogP contribution in [0.2, 0.25) is 0 Å². The fourth-order valence-corrected chi connectivity index (χ4v) is 3.20. The fourth-order valence-electron chi connectivity index (χ4n) is 2.31. The first-order valence-electron chi connectivity index (χ1n) is 6.74. The lowest BCUT2D eigenvalue weighted by atomic mass is 10.1. The second-order valence-corrected chi connectivity index (χ2v) is 5.83. The van der Waals surface area contributed by atoms with Crippen molar-refractivity contribution in [3.8, 4) is 12.3 Å². The molecule has 2 rings (SSSR count). The topological polar surface area (TPSA) is 32.3 Å². The maximum Gasteiger partial charge on any atom is 0.236 e. The van der Waals surface area contributed by atoms with Crippen LogP contribution in [0.15, 0.2) is 11.4 Å². The highest BCUT2D eigenvalue weighted by Gasteiger charge is 2.21. The zero-order valence-corrected chi connectivity index (χ0v) is 12.1. The molecule has 4 heteroatoms. The van der Waals surface area contributed by atoms with Crippen molar-refractivity contribution < 1.29 is 4.79 Å². The van der Waals surface area contributed by atoms with Crippen molar-refractivity contribution >= 4 is 17.2 Å². The molecule has 0 saturated carbocycles. The van der Waals surface area contributed by atoms with Crippen molar-refractivity contribution in [1.29, 1.82) is 0 Å². The van der Waals surface area contributed by atoms with Crippen LogP contribution in [-0.4, -0.2) is 29.9 Å². The van der Waals surface area contributed by atoms with E-state index in [-0.39, 0.29) is 11.9 Å². The van der Waals surface area contributed by atoms with Crippen LogP contribution in [-0.2, 0) is 17.8 Å². The van der Waals surface area contributed by atoms with Crippen LogP contribution in [0.3, 0.4) is 0 Å². The zero-order chi connectivity index (χ0) is 13.7. The molecule has 2 heterocycles. The second kappa shape index (κ2) is 6.74. The Bertz CT molecular complexity index is 475. The van der Waals surface area contributed by atoms with Crippen LogP contribution in [0.25, 0.3) is 0 Å². The molecular weight excluding hydrogens is 256 g/mol. The summed E-state index contributed by atoms with van der Waals surface area (Å²) in [7, 11) is 0. The quantitative estimate of drug-likeness (QED) is 0.835. The molecule has 0 saturated heterocycles. The van der Waals surface area contributed by atoms with Gasteiger partial charge in [0.15, 0.2) is 0 Å². The van der Waals surface area contributed by atoms with Crippen LogP contribution in [0.1, 0.15) is 30.2 Å². The van der Waals surface area contributed by atoms with Gasteiger partial charge in [0.25, 0.3) is 0 Å². The average Bonchev–Trinajstić information content (AvgIpc) is 2.90. The van der Waals surface area contributed by atoms with Gasteiger partial charge in [-0.15, -0.1) is 23.7 Å². The van der Waals surface area contributed by atoms with Gasteiger partial charge >= 0.3 is 0 Å². The van der Waals surface area contributed by atoms with Crippen LogP contribution < -0.4 is 5.32 Å². The van der Waals surface area contributed by atoms with E-state index in [0.29, 0.717) is 13.0 Å². The number of nitrogens with zero attached hydrogens (tertiary/aromatic N) is 1. The summed E-state index contributed by atoms with van der Waals surface area (Å²) in [6.07, 6.45) is 7.93. The van der Waals surface area contributed by atoms with E-state index in [9.17, 15) is 4.79 Å². The Kier molecular flexibility index (Phi) is 5.00. The Morgan fingerprint density at radius 1 is 1.68 bits per heavy atom. The molecule has 0 bridgehead atoms. The van der Waals surface area contributed by atoms with E-state index >= 15 is 0 Å². The van der Waals surface area contributed by atoms with E-state index < -0.39 is 0 Å². The molecule has 1 unspecified atom stereocenters. The minimum atomic E-state index is 0.173. The number of fused-ring (bicyclic) bond motifs is 1. The van der Waals surface area contributed by atoms with Gasteiger partial charge in [0.1, 0.15) is 0 Å². The number of hydrogen-bond acceptors (Lipinski definition) is 3. The SMILES string of the molecule is C#CCC(CC)NCC(=O)N1CCc2sccc2C1. The molecule has 1 aliphatic heterocycles. The van der Waals surface area contributed by atoms with Crippen molar-refractivity contribution in [2.45, 2.75) is 38.8 Å². The summed E-state index contributed by atoms with van der Waals surface area (Å²) in [5, 5.41) is 5.36. The maximum absolute atomic E-state index is 12.2. The van der Waals surface area contributed by atoms with Crippen LogP contribution >= 0.6 is 11.3 Å². The van der Waals surface area contributed by atoms with Crippen LogP contribution in [0.4, 0.5) is 0 Å². The first-order chi connectivity index (χ1) is 9.24. The van der Waals surface area contributed by atoms with Gasteiger partial charge in [-0.3, -0.25) is 4.79 Å². The Morgan fingerprint density at radius 2 is 2.53 bits per heavy atom. The van der Waals surface area contributed by atoms with Gasteiger partial charge in [0.05, 0.1) is 6.54 Å². The first kappa shape index (κ1) is 14.1. The van der Waals surface area contributed by atoms with E-state index in [1.165, 1.54) is 10.4 Å². The lowest BCUT2D eigenvalue weighted by Gasteiger charge is -2.27. The lowest BCUT2D eigenvalue weighted by molar-refractivity contribution is -0.131. The summed E-state index contributed by atoms with van der Waals surface area (Å²) in [5.41, 5.74) is 1.31. The Morgan fingerprint density at radius 3 is 3.26 bits per heavy atom. The third kappa shape index (κ3) is 3.59. The second-order valence-electron chi connectivity index (χ2n) is 4.83. The molecule has 1 amide bonds. The number of rotatable bonds is 5. The molecule has 1 aromatic heterocycles. The van der Waals surface area contributed by atoms with Crippen molar-refractivity contribution in [2.75, 3.05) is 13.1 Å². The summed E-state index contributed by atoms with van der Waals surface area (Å²) in [4.78, 5) is 15.5. The summed E-state index contributed by atoms with van der Waals surface area (Å²) in [6, 6.07) is 2.37. The van der Waals surface area contributed by atoms with Gasteiger partial charge in [-0.25, -0.2) is 0 Å². The van der Waals surface area contributed by atoms with Crippen molar-refractivity contribution in [2.24, 2.45) is 0 Å². The summed E-state index contributed by atoms with van der Waals surface area (Å²) < 4.78 is 0. The molecule has 1 aromatic rings. The summed E-state index contributed by atoms with van der Waals surface area (Å²) in [6.45, 7) is 4.06. The number of carbonyl (C=O) groups excluding carboxylic acids is 1. The molecule has 1 atom stereocenters. The molecule has 0 aliphatic carbocycles. The van der Waals surface area contributed by atoms with Gasteiger partial charge in [-0.1, -0.05) is 6.92 Å². The van der Waals surface area contributed by atoms with Crippen molar-refractivity contribution in [3.05, 3.63) is 21.9 Å². The monoisotopic (exact) mass is 276 g/mol. The lowest BCUT2D eigenvalue weighted by Crippen LogP contribution is -2.43. The number of amides is 1. The van der Waals surface area contributed by atoms with Crippen molar-refractivity contribution in [1.82, 2.24) is 10.2 Å². The Balaban J connectivity index is 1.83. The minimum absolute atomic E-state index is 0.173. The third-order valence-electron chi connectivity index (χ3n) is 3.56. The molecule has 0 aromatic carbocycles. The average molecular weight is 276 g/mol. The molecular formula is C15H20N2OS. The molecule has 3 nitrogen and oxygen atoms in total. The molecule has 1 aliphatic rings. The molecule has 0 radical (unpaired) electrons. The molecule has 19 heavy (non-hydrogen) atoms. The minimum Gasteiger partial charge on any atom is -0.337 e. The summed E-state index contributed by atoms with van der Waals surface area (Å²) >= 11 is 1.79. The number of hydrogen-bond donors (Lipinski definition) is 1. The number of thiophene rings is 1. The Labute approximate surface area is 119 Å². The largest absolute Gasteiger partial charge is 0.337 e. The van der Waals surface area contributed by atoms with Gasteiger partial charge in [0, 0.05) is 30.4 Å². The zero-order valence-electron chi connectivity index (χ0n) is 11.3. The van der Waals surface area contributed by atoms with Crippen LogP contribution in [0.5, 0.6) is 0 Å². The third-order valence-corrected chi connectivity index (χ3v) is 4.58. The van der Waals surface area contributed by atoms with Gasteiger partial charge < -0.3 is 10.2 Å². The highest BCUT2D eigenvalue weighted by atomic mass is 32.1. The van der Waals surface area contributed by atoms with Gasteiger partial charge in [-0.05, 0) is 29.9 Å². The predicted molar refractivity (Wildman–Crippen MR) is 79.0 cm³/mol. The fraction of sp³-hybridized carbons (Fsp3) is 0.533. The summed E-state index contributed by atoms with van der Waals surface area (Å²) in [5.74, 6) is 2.82. The number of nitrogens with one attached hydrogen (secondary N) is 1. The number of terminal acetylenes is 1. The van der Waals surface area contributed by atoms with E-state index in [4.69, 9.17) is 6.42 Å². The predicted octanol–water partition coefficient (Wildman–Crippen LogP) is 2.02. The number of carbonyl (C=O) groups is 1. The van der Waals surface area contributed by atoms with E-state index in [1.807, 2.05) is 4.90 Å². The highest BCUT2D eigenvalue weighted by Crippen LogP contribution is 2.23. The Hall–Kier alpha value is -1.31. The van der Waals surface area contributed by atoms with Gasteiger partial charge in [-0.2, -0.15) is 0 Å². The maximum atomic E-state index is 12.2. The van der Waals surface area contributed by atoms with Crippen LogP contribution in [0, 0.1) is 12.3 Å². The standard InChI is InChI=1S/C15H20N2OS/c1-3-5-13(4-2)16-10-15(18)17-8-6-14-12(11-17)7-9-19-14/h1,7,9,13,16H,4-6,8,10-11H2,2H3. The van der Waals surface area contributed by atoms with E-state index in [1.54, 1.807) is 11.3 Å². The molecule has 0 fully saturated rings. The first-order valence-corrected chi connectivity index (χ1v) is 7.62.